The third kappa shape index (κ3) is 2.36. The molecule has 2 rings (SSSR count). The normalized spacial score (nSPS) is 12.2. The fourth-order valence-corrected chi connectivity index (χ4v) is 2.09. The summed E-state index contributed by atoms with van der Waals surface area (Å²) in [7, 11) is 1.67. The Bertz CT molecular complexity index is 552. The van der Waals surface area contributed by atoms with E-state index in [2.05, 4.69) is 11.9 Å². The first-order valence-electron chi connectivity index (χ1n) is 5.94. The summed E-state index contributed by atoms with van der Waals surface area (Å²) in [5.74, 6) is 0.853. The molecule has 1 heterocycles. The number of hydrogen-bond donors (Lipinski definition) is 1. The highest BCUT2D eigenvalue weighted by atomic mass is 16.5. The fourth-order valence-electron chi connectivity index (χ4n) is 2.09. The molecule has 3 heteroatoms. The molecule has 0 aliphatic heterocycles. The first-order chi connectivity index (χ1) is 8.63. The van der Waals surface area contributed by atoms with Crippen molar-refractivity contribution in [1.82, 2.24) is 4.98 Å². The van der Waals surface area contributed by atoms with Crippen LogP contribution in [0.1, 0.15) is 28.3 Å². The third-order valence-electron chi connectivity index (χ3n) is 3.23. The molecule has 0 aliphatic carbocycles. The van der Waals surface area contributed by atoms with E-state index in [1.165, 1.54) is 0 Å². The van der Waals surface area contributed by atoms with Gasteiger partial charge in [-0.15, -0.1) is 0 Å². The maximum atomic E-state index is 6.33. The van der Waals surface area contributed by atoms with E-state index in [1.54, 1.807) is 13.3 Å². The Labute approximate surface area is 108 Å². The second-order valence-electron chi connectivity index (χ2n) is 4.43. The number of nitrogens with zero attached hydrogens (tertiary/aromatic N) is 1. The van der Waals surface area contributed by atoms with Crippen LogP contribution in [0.15, 0.2) is 36.7 Å². The van der Waals surface area contributed by atoms with Gasteiger partial charge in [-0.2, -0.15) is 0 Å². The summed E-state index contributed by atoms with van der Waals surface area (Å²) in [5.41, 5.74) is 10.8. The minimum absolute atomic E-state index is 0.149. The number of aryl methyl sites for hydroxylation is 2. The molecule has 18 heavy (non-hydrogen) atoms. The summed E-state index contributed by atoms with van der Waals surface area (Å²) >= 11 is 0. The van der Waals surface area contributed by atoms with E-state index in [0.29, 0.717) is 0 Å². The minimum Gasteiger partial charge on any atom is -0.497 e. The molecule has 0 saturated heterocycles. The molecule has 2 aromatic rings. The molecule has 1 aromatic heterocycles. The zero-order chi connectivity index (χ0) is 13.1. The van der Waals surface area contributed by atoms with Gasteiger partial charge in [0.05, 0.1) is 13.2 Å². The summed E-state index contributed by atoms with van der Waals surface area (Å²) in [5, 5.41) is 0. The van der Waals surface area contributed by atoms with Crippen molar-refractivity contribution in [3.63, 3.8) is 0 Å². The molecule has 1 aromatic carbocycles. The van der Waals surface area contributed by atoms with E-state index < -0.39 is 0 Å². The van der Waals surface area contributed by atoms with Crippen molar-refractivity contribution in [3.8, 4) is 5.75 Å². The van der Waals surface area contributed by atoms with Gasteiger partial charge in [-0.05, 0) is 54.3 Å². The maximum Gasteiger partial charge on any atom is 0.119 e. The van der Waals surface area contributed by atoms with Gasteiger partial charge in [0.25, 0.3) is 0 Å². The molecule has 2 N–H and O–H groups in total. The molecule has 0 aliphatic rings. The van der Waals surface area contributed by atoms with Gasteiger partial charge in [0, 0.05) is 12.4 Å². The molecule has 0 amide bonds. The average molecular weight is 242 g/mol. The maximum absolute atomic E-state index is 6.33. The largest absolute Gasteiger partial charge is 0.497 e. The highest BCUT2D eigenvalue weighted by Crippen LogP contribution is 2.26. The summed E-state index contributed by atoms with van der Waals surface area (Å²) in [6, 6.07) is 7.79. The predicted molar refractivity (Wildman–Crippen MR) is 72.7 cm³/mol. The summed E-state index contributed by atoms with van der Waals surface area (Å²) in [6.07, 6.45) is 3.62. The van der Waals surface area contributed by atoms with Crippen LogP contribution in [0.4, 0.5) is 0 Å². The number of ether oxygens (including phenoxy) is 1. The van der Waals surface area contributed by atoms with Crippen LogP contribution in [-0.2, 0) is 0 Å². The third-order valence-corrected chi connectivity index (χ3v) is 3.23. The molecule has 0 spiro atoms. The number of hydrogen-bond acceptors (Lipinski definition) is 3. The summed E-state index contributed by atoms with van der Waals surface area (Å²) in [4.78, 5) is 4.15. The number of aromatic nitrogens is 1. The topological polar surface area (TPSA) is 48.1 Å². The van der Waals surface area contributed by atoms with Crippen molar-refractivity contribution in [1.29, 1.82) is 0 Å². The molecule has 0 radical (unpaired) electrons. The minimum atomic E-state index is -0.149. The van der Waals surface area contributed by atoms with Gasteiger partial charge in [-0.3, -0.25) is 4.98 Å². The van der Waals surface area contributed by atoms with Gasteiger partial charge in [-0.25, -0.2) is 0 Å². The lowest BCUT2D eigenvalue weighted by atomic mass is 9.94. The van der Waals surface area contributed by atoms with Crippen LogP contribution in [-0.4, -0.2) is 12.1 Å². The lowest BCUT2D eigenvalue weighted by molar-refractivity contribution is 0.414. The second-order valence-corrected chi connectivity index (χ2v) is 4.43. The van der Waals surface area contributed by atoms with Gasteiger partial charge in [0.2, 0.25) is 0 Å². The van der Waals surface area contributed by atoms with E-state index in [9.17, 15) is 0 Å². The number of nitrogens with two attached hydrogens (primary N) is 1. The van der Waals surface area contributed by atoms with Crippen molar-refractivity contribution in [2.75, 3.05) is 7.11 Å². The highest BCUT2D eigenvalue weighted by molar-refractivity contribution is 5.42. The second kappa shape index (κ2) is 5.19. The van der Waals surface area contributed by atoms with Crippen LogP contribution in [0, 0.1) is 13.8 Å². The lowest BCUT2D eigenvalue weighted by Crippen LogP contribution is -2.14. The van der Waals surface area contributed by atoms with Crippen LogP contribution in [0.25, 0.3) is 0 Å². The van der Waals surface area contributed by atoms with Crippen molar-refractivity contribution < 1.29 is 4.74 Å². The van der Waals surface area contributed by atoms with Gasteiger partial charge in [-0.1, -0.05) is 6.07 Å². The van der Waals surface area contributed by atoms with Crippen LogP contribution < -0.4 is 10.5 Å². The Balaban J connectivity index is 2.40. The Morgan fingerprint density at radius 1 is 1.11 bits per heavy atom. The van der Waals surface area contributed by atoms with E-state index >= 15 is 0 Å². The van der Waals surface area contributed by atoms with E-state index in [4.69, 9.17) is 10.5 Å². The highest BCUT2D eigenvalue weighted by Gasteiger charge is 2.14. The molecule has 1 unspecified atom stereocenters. The number of rotatable bonds is 3. The Morgan fingerprint density at radius 2 is 1.89 bits per heavy atom. The van der Waals surface area contributed by atoms with Gasteiger partial charge >= 0.3 is 0 Å². The molecular weight excluding hydrogens is 224 g/mol. The van der Waals surface area contributed by atoms with Crippen molar-refractivity contribution in [3.05, 3.63) is 58.9 Å². The smallest absolute Gasteiger partial charge is 0.119 e. The van der Waals surface area contributed by atoms with Crippen LogP contribution in [0.5, 0.6) is 5.75 Å². The summed E-state index contributed by atoms with van der Waals surface area (Å²) in [6.45, 7) is 4.10. The predicted octanol–water partition coefficient (Wildman–Crippen LogP) is 2.76. The monoisotopic (exact) mass is 242 g/mol. The molecule has 0 saturated carbocycles. The van der Waals surface area contributed by atoms with Crippen molar-refractivity contribution in [2.45, 2.75) is 19.9 Å². The standard InChI is InChI=1S/C15H18N2O/c1-10-6-7-17-9-14(10)15(16)13-5-4-12(18-3)8-11(13)2/h4-9,15H,16H2,1-3H3. The zero-order valence-corrected chi connectivity index (χ0v) is 11.0. The molecule has 3 nitrogen and oxygen atoms in total. The first-order valence-corrected chi connectivity index (χ1v) is 5.94. The van der Waals surface area contributed by atoms with Crippen LogP contribution >= 0.6 is 0 Å². The number of benzene rings is 1. The molecule has 0 fully saturated rings. The van der Waals surface area contributed by atoms with Crippen molar-refractivity contribution >= 4 is 0 Å². The SMILES string of the molecule is COc1ccc(C(N)c2cnccc2C)c(C)c1. The molecule has 94 valence electrons. The zero-order valence-electron chi connectivity index (χ0n) is 11.0. The fraction of sp³-hybridized carbons (Fsp3) is 0.267. The molecule has 0 bridgehead atoms. The van der Waals surface area contributed by atoms with E-state index in [1.807, 2.05) is 37.4 Å². The number of methoxy groups -OCH3 is 1. The lowest BCUT2D eigenvalue weighted by Gasteiger charge is -2.17. The van der Waals surface area contributed by atoms with Gasteiger partial charge in [0.15, 0.2) is 0 Å². The summed E-state index contributed by atoms with van der Waals surface area (Å²) < 4.78 is 5.21. The van der Waals surface area contributed by atoms with Gasteiger partial charge in [0.1, 0.15) is 5.75 Å². The Morgan fingerprint density at radius 3 is 2.50 bits per heavy atom. The quantitative estimate of drug-likeness (QED) is 0.900. The van der Waals surface area contributed by atoms with Crippen LogP contribution in [0.3, 0.4) is 0 Å². The van der Waals surface area contributed by atoms with E-state index in [0.717, 1.165) is 28.0 Å². The molecule has 1 atom stereocenters. The average Bonchev–Trinajstić information content (AvgIpc) is 2.38. The first kappa shape index (κ1) is 12.6. The number of pyridine rings is 1. The molecular formula is C15H18N2O. The van der Waals surface area contributed by atoms with Crippen molar-refractivity contribution in [2.24, 2.45) is 5.73 Å². The van der Waals surface area contributed by atoms with Gasteiger partial charge < -0.3 is 10.5 Å². The Hall–Kier alpha value is -1.87. The van der Waals surface area contributed by atoms with E-state index in [-0.39, 0.29) is 6.04 Å². The Kier molecular flexibility index (Phi) is 3.63. The van der Waals surface area contributed by atoms with Crippen LogP contribution in [0.2, 0.25) is 0 Å².